The number of hydrogen-bond donors (Lipinski definition) is 2. The number of aryl methyl sites for hydroxylation is 1. The highest BCUT2D eigenvalue weighted by Crippen LogP contribution is 2.17. The van der Waals surface area contributed by atoms with Crippen molar-refractivity contribution >= 4 is 23.6 Å². The molecular formula is C14H18ClNO3. The molecule has 0 radical (unpaired) electrons. The highest BCUT2D eigenvalue weighted by Gasteiger charge is 2.08. The largest absolute Gasteiger partial charge is 0.395 e. The molecule has 1 rings (SSSR count). The van der Waals surface area contributed by atoms with Crippen molar-refractivity contribution in [3.05, 3.63) is 40.4 Å². The van der Waals surface area contributed by atoms with Crippen molar-refractivity contribution in [1.82, 2.24) is 4.90 Å². The summed E-state index contributed by atoms with van der Waals surface area (Å²) >= 11 is 6.00. The predicted octanol–water partition coefficient (Wildman–Crippen LogP) is 1.47. The van der Waals surface area contributed by atoms with Crippen LogP contribution < -0.4 is 0 Å². The van der Waals surface area contributed by atoms with Crippen LogP contribution in [0.3, 0.4) is 0 Å². The molecule has 0 heterocycles. The van der Waals surface area contributed by atoms with Crippen molar-refractivity contribution in [2.24, 2.45) is 0 Å². The van der Waals surface area contributed by atoms with Gasteiger partial charge >= 0.3 is 0 Å². The zero-order valence-electron chi connectivity index (χ0n) is 10.8. The second-order valence-corrected chi connectivity index (χ2v) is 4.52. The zero-order chi connectivity index (χ0) is 14.3. The standard InChI is InChI=1S/C14H18ClNO3/c1-11-2-3-12(10-13(11)15)4-5-14(19)16(6-8-17)7-9-18/h2-5,10,17-18H,6-9H2,1H3. The number of aliphatic hydroxyl groups excluding tert-OH is 2. The lowest BCUT2D eigenvalue weighted by atomic mass is 10.1. The molecule has 0 fully saturated rings. The second-order valence-electron chi connectivity index (χ2n) is 4.11. The fraction of sp³-hybridized carbons (Fsp3) is 0.357. The second kappa shape index (κ2) is 7.94. The lowest BCUT2D eigenvalue weighted by Gasteiger charge is -2.18. The summed E-state index contributed by atoms with van der Waals surface area (Å²) in [5.74, 6) is -0.250. The summed E-state index contributed by atoms with van der Waals surface area (Å²) in [5.41, 5.74) is 1.81. The van der Waals surface area contributed by atoms with Gasteiger partial charge in [0.1, 0.15) is 0 Å². The normalized spacial score (nSPS) is 10.9. The van der Waals surface area contributed by atoms with Crippen molar-refractivity contribution in [2.75, 3.05) is 26.3 Å². The maximum Gasteiger partial charge on any atom is 0.246 e. The maximum atomic E-state index is 11.8. The van der Waals surface area contributed by atoms with Crippen LogP contribution >= 0.6 is 11.6 Å². The van der Waals surface area contributed by atoms with Crippen molar-refractivity contribution in [3.8, 4) is 0 Å². The first-order chi connectivity index (χ1) is 9.08. The van der Waals surface area contributed by atoms with Gasteiger partial charge in [-0.2, -0.15) is 0 Å². The highest BCUT2D eigenvalue weighted by atomic mass is 35.5. The van der Waals surface area contributed by atoms with E-state index in [2.05, 4.69) is 0 Å². The van der Waals surface area contributed by atoms with Gasteiger partial charge in [-0.3, -0.25) is 4.79 Å². The number of nitrogens with zero attached hydrogens (tertiary/aromatic N) is 1. The van der Waals surface area contributed by atoms with Crippen LogP contribution in [0.2, 0.25) is 5.02 Å². The molecule has 0 bridgehead atoms. The van der Waals surface area contributed by atoms with E-state index < -0.39 is 0 Å². The number of carbonyl (C=O) groups is 1. The molecule has 2 N–H and O–H groups in total. The van der Waals surface area contributed by atoms with Crippen molar-refractivity contribution in [1.29, 1.82) is 0 Å². The quantitative estimate of drug-likeness (QED) is 0.778. The number of rotatable bonds is 6. The molecule has 0 saturated carbocycles. The lowest BCUT2D eigenvalue weighted by Crippen LogP contribution is -2.34. The molecule has 0 atom stereocenters. The summed E-state index contributed by atoms with van der Waals surface area (Å²) in [5, 5.41) is 18.3. The SMILES string of the molecule is Cc1ccc(C=CC(=O)N(CCO)CCO)cc1Cl. The van der Waals surface area contributed by atoms with Crippen LogP contribution in [-0.4, -0.2) is 47.3 Å². The minimum atomic E-state index is -0.250. The Hall–Kier alpha value is -1.36. The van der Waals surface area contributed by atoms with E-state index in [1.54, 1.807) is 12.1 Å². The monoisotopic (exact) mass is 283 g/mol. The molecule has 0 unspecified atom stereocenters. The molecule has 19 heavy (non-hydrogen) atoms. The molecule has 0 saturated heterocycles. The van der Waals surface area contributed by atoms with E-state index in [4.69, 9.17) is 21.8 Å². The van der Waals surface area contributed by atoms with E-state index >= 15 is 0 Å². The summed E-state index contributed by atoms with van der Waals surface area (Å²) in [6.07, 6.45) is 3.07. The molecule has 0 aromatic heterocycles. The smallest absolute Gasteiger partial charge is 0.246 e. The molecule has 0 spiro atoms. The van der Waals surface area contributed by atoms with Crippen LogP contribution in [0.25, 0.3) is 6.08 Å². The first-order valence-electron chi connectivity index (χ1n) is 6.03. The van der Waals surface area contributed by atoms with Gasteiger partial charge < -0.3 is 15.1 Å². The molecule has 0 aliphatic heterocycles. The fourth-order valence-corrected chi connectivity index (χ4v) is 1.75. The van der Waals surface area contributed by atoms with Crippen molar-refractivity contribution in [3.63, 3.8) is 0 Å². The van der Waals surface area contributed by atoms with Gasteiger partial charge in [-0.25, -0.2) is 0 Å². The van der Waals surface area contributed by atoms with Crippen LogP contribution in [0.4, 0.5) is 0 Å². The third-order valence-corrected chi connectivity index (χ3v) is 3.07. The summed E-state index contributed by atoms with van der Waals surface area (Å²) in [4.78, 5) is 13.2. The van der Waals surface area contributed by atoms with Gasteiger partial charge in [0.05, 0.1) is 13.2 Å². The van der Waals surface area contributed by atoms with E-state index in [1.807, 2.05) is 19.1 Å². The Morgan fingerprint density at radius 1 is 1.32 bits per heavy atom. The lowest BCUT2D eigenvalue weighted by molar-refractivity contribution is -0.126. The Kier molecular flexibility index (Phi) is 6.56. The molecule has 1 aromatic carbocycles. The fourth-order valence-electron chi connectivity index (χ4n) is 1.56. The Bertz CT molecular complexity index is 454. The Morgan fingerprint density at radius 2 is 1.95 bits per heavy atom. The molecule has 0 aliphatic rings. The van der Waals surface area contributed by atoms with E-state index in [-0.39, 0.29) is 32.2 Å². The molecule has 104 valence electrons. The minimum absolute atomic E-state index is 0.129. The topological polar surface area (TPSA) is 60.8 Å². The Labute approximate surface area is 117 Å². The highest BCUT2D eigenvalue weighted by molar-refractivity contribution is 6.31. The van der Waals surface area contributed by atoms with Gasteiger partial charge in [0.2, 0.25) is 5.91 Å². The molecule has 5 heteroatoms. The average Bonchev–Trinajstić information content (AvgIpc) is 2.39. The summed E-state index contributed by atoms with van der Waals surface area (Å²) in [7, 11) is 0. The maximum absolute atomic E-state index is 11.8. The van der Waals surface area contributed by atoms with Crippen molar-refractivity contribution < 1.29 is 15.0 Å². The molecule has 1 amide bonds. The third kappa shape index (κ3) is 5.03. The van der Waals surface area contributed by atoms with Gasteiger partial charge in [0.25, 0.3) is 0 Å². The first kappa shape index (κ1) is 15.7. The summed E-state index contributed by atoms with van der Waals surface area (Å²) in [6.45, 7) is 2.06. The average molecular weight is 284 g/mol. The van der Waals surface area contributed by atoms with E-state index in [0.717, 1.165) is 11.1 Å². The number of benzene rings is 1. The van der Waals surface area contributed by atoms with Crippen LogP contribution in [-0.2, 0) is 4.79 Å². The van der Waals surface area contributed by atoms with E-state index in [0.29, 0.717) is 5.02 Å². The predicted molar refractivity (Wildman–Crippen MR) is 76.0 cm³/mol. The van der Waals surface area contributed by atoms with Gasteiger partial charge in [0, 0.05) is 24.2 Å². The number of amides is 1. The van der Waals surface area contributed by atoms with Gasteiger partial charge in [-0.1, -0.05) is 23.7 Å². The van der Waals surface area contributed by atoms with Gasteiger partial charge in [-0.05, 0) is 30.2 Å². The van der Waals surface area contributed by atoms with E-state index in [9.17, 15) is 4.79 Å². The van der Waals surface area contributed by atoms with Gasteiger partial charge in [0.15, 0.2) is 0 Å². The third-order valence-electron chi connectivity index (χ3n) is 2.67. The van der Waals surface area contributed by atoms with Gasteiger partial charge in [-0.15, -0.1) is 0 Å². The van der Waals surface area contributed by atoms with Crippen LogP contribution in [0.15, 0.2) is 24.3 Å². The number of carbonyl (C=O) groups excluding carboxylic acids is 1. The number of hydrogen-bond acceptors (Lipinski definition) is 3. The zero-order valence-corrected chi connectivity index (χ0v) is 11.6. The molecule has 0 aliphatic carbocycles. The molecular weight excluding hydrogens is 266 g/mol. The van der Waals surface area contributed by atoms with E-state index in [1.165, 1.54) is 11.0 Å². The molecule has 4 nitrogen and oxygen atoms in total. The summed E-state index contributed by atoms with van der Waals surface area (Å²) < 4.78 is 0. The van der Waals surface area contributed by atoms with Crippen molar-refractivity contribution in [2.45, 2.75) is 6.92 Å². The van der Waals surface area contributed by atoms with Crippen LogP contribution in [0.1, 0.15) is 11.1 Å². The number of aliphatic hydroxyl groups is 2. The minimum Gasteiger partial charge on any atom is -0.395 e. The first-order valence-corrected chi connectivity index (χ1v) is 6.41. The molecule has 1 aromatic rings. The Balaban J connectivity index is 2.73. The number of halogens is 1. The Morgan fingerprint density at radius 3 is 2.47 bits per heavy atom. The van der Waals surface area contributed by atoms with Crippen LogP contribution in [0, 0.1) is 6.92 Å². The summed E-state index contributed by atoms with van der Waals surface area (Å²) in [6, 6.07) is 5.53. The van der Waals surface area contributed by atoms with Crippen LogP contribution in [0.5, 0.6) is 0 Å².